The van der Waals surface area contributed by atoms with Crippen LogP contribution in [0.4, 0.5) is 0 Å². The second kappa shape index (κ2) is 10.6. The maximum atomic E-state index is 12.4. The van der Waals surface area contributed by atoms with Crippen molar-refractivity contribution in [2.24, 2.45) is 10.9 Å². The Morgan fingerprint density at radius 2 is 1.84 bits per heavy atom. The highest BCUT2D eigenvalue weighted by Crippen LogP contribution is 2.26. The third kappa shape index (κ3) is 6.98. The predicted octanol–water partition coefficient (Wildman–Crippen LogP) is 1.89. The fraction of sp³-hybridized carbons (Fsp3) is 0.941. The molecule has 6 nitrogen and oxygen atoms in total. The van der Waals surface area contributed by atoms with Gasteiger partial charge in [-0.15, -0.1) is 0 Å². The molecule has 25 heavy (non-hydrogen) atoms. The number of rotatable bonds is 7. The standard InChI is InChI=1S/C17H34N4O2S2/c1-3-15-5-7-16(8-6-15)20-17(18-4-2)19-9-14-25(22,23)21-10-12-24-13-11-21/h15-16H,3-14H2,1-2H3,(H2,18,19,20). The van der Waals surface area contributed by atoms with Gasteiger partial charge in [-0.1, -0.05) is 13.3 Å². The molecule has 8 heteroatoms. The lowest BCUT2D eigenvalue weighted by Gasteiger charge is -2.29. The third-order valence-electron chi connectivity index (χ3n) is 5.09. The van der Waals surface area contributed by atoms with Gasteiger partial charge in [0.1, 0.15) is 0 Å². The van der Waals surface area contributed by atoms with Crippen LogP contribution in [-0.2, 0) is 10.0 Å². The average molecular weight is 391 g/mol. The Balaban J connectivity index is 1.82. The number of sulfonamides is 1. The number of nitrogens with one attached hydrogen (secondary N) is 2. The summed E-state index contributed by atoms with van der Waals surface area (Å²) < 4.78 is 26.4. The van der Waals surface area contributed by atoms with Crippen LogP contribution in [0, 0.1) is 5.92 Å². The summed E-state index contributed by atoms with van der Waals surface area (Å²) in [6.07, 6.45) is 6.16. The quantitative estimate of drug-likeness (QED) is 0.513. The summed E-state index contributed by atoms with van der Waals surface area (Å²) in [7, 11) is -3.18. The highest BCUT2D eigenvalue weighted by Gasteiger charge is 2.24. The maximum absolute atomic E-state index is 12.4. The van der Waals surface area contributed by atoms with Gasteiger partial charge in [-0.2, -0.15) is 11.8 Å². The van der Waals surface area contributed by atoms with E-state index in [1.54, 1.807) is 4.31 Å². The predicted molar refractivity (Wildman–Crippen MR) is 108 cm³/mol. The molecule has 146 valence electrons. The molecule has 1 saturated heterocycles. The molecule has 0 aromatic heterocycles. The molecule has 2 aliphatic rings. The molecule has 0 amide bonds. The molecule has 1 saturated carbocycles. The summed E-state index contributed by atoms with van der Waals surface area (Å²) in [4.78, 5) is 4.51. The van der Waals surface area contributed by atoms with E-state index >= 15 is 0 Å². The van der Waals surface area contributed by atoms with Crippen molar-refractivity contribution in [1.82, 2.24) is 14.9 Å². The molecule has 2 rings (SSSR count). The number of hydrogen-bond donors (Lipinski definition) is 2. The Kier molecular flexibility index (Phi) is 8.85. The van der Waals surface area contributed by atoms with E-state index < -0.39 is 10.0 Å². The normalized spacial score (nSPS) is 26.4. The molecule has 0 atom stereocenters. The van der Waals surface area contributed by atoms with Gasteiger partial charge in [0.15, 0.2) is 5.96 Å². The van der Waals surface area contributed by atoms with E-state index in [2.05, 4.69) is 22.5 Å². The van der Waals surface area contributed by atoms with Crippen LogP contribution >= 0.6 is 11.8 Å². The van der Waals surface area contributed by atoms with E-state index in [-0.39, 0.29) is 5.75 Å². The average Bonchev–Trinajstić information content (AvgIpc) is 2.63. The minimum atomic E-state index is -3.18. The van der Waals surface area contributed by atoms with E-state index in [9.17, 15) is 8.42 Å². The Bertz CT molecular complexity index is 511. The molecule has 0 radical (unpaired) electrons. The highest BCUT2D eigenvalue weighted by molar-refractivity contribution is 7.99. The van der Waals surface area contributed by atoms with Crippen molar-refractivity contribution in [2.45, 2.75) is 52.0 Å². The van der Waals surface area contributed by atoms with Crippen LogP contribution in [-0.4, -0.2) is 68.2 Å². The molecule has 0 aromatic rings. The largest absolute Gasteiger partial charge is 0.357 e. The summed E-state index contributed by atoms with van der Waals surface area (Å²) in [6, 6.07) is 0.455. The van der Waals surface area contributed by atoms with E-state index in [1.807, 2.05) is 18.7 Å². The van der Waals surface area contributed by atoms with Crippen molar-refractivity contribution in [1.29, 1.82) is 0 Å². The Morgan fingerprint density at radius 3 is 2.44 bits per heavy atom. The molecular formula is C17H34N4O2S2. The van der Waals surface area contributed by atoms with Gasteiger partial charge in [-0.05, 0) is 38.5 Å². The zero-order valence-electron chi connectivity index (χ0n) is 15.7. The molecule has 2 fully saturated rings. The first-order valence-electron chi connectivity index (χ1n) is 9.65. The lowest BCUT2D eigenvalue weighted by Crippen LogP contribution is -2.45. The van der Waals surface area contributed by atoms with Gasteiger partial charge in [0.05, 0.1) is 12.3 Å². The Hall–Kier alpha value is -0.470. The zero-order chi connectivity index (χ0) is 18.1. The summed E-state index contributed by atoms with van der Waals surface area (Å²) in [5, 5.41) is 6.74. The minimum Gasteiger partial charge on any atom is -0.357 e. The number of aliphatic imine (C=N–C) groups is 1. The van der Waals surface area contributed by atoms with Crippen molar-refractivity contribution in [3.63, 3.8) is 0 Å². The van der Waals surface area contributed by atoms with Crippen LogP contribution in [0.5, 0.6) is 0 Å². The summed E-state index contributed by atoms with van der Waals surface area (Å²) in [5.41, 5.74) is 0. The maximum Gasteiger partial charge on any atom is 0.215 e. The highest BCUT2D eigenvalue weighted by atomic mass is 32.2. The molecule has 0 unspecified atom stereocenters. The number of hydrogen-bond acceptors (Lipinski definition) is 4. The van der Waals surface area contributed by atoms with Crippen molar-refractivity contribution in [3.05, 3.63) is 0 Å². The Morgan fingerprint density at radius 1 is 1.16 bits per heavy atom. The summed E-state index contributed by atoms with van der Waals surface area (Å²) in [6.45, 7) is 6.67. The van der Waals surface area contributed by atoms with E-state index in [0.717, 1.165) is 29.9 Å². The number of thioether (sulfide) groups is 1. The van der Waals surface area contributed by atoms with Gasteiger partial charge in [0.25, 0.3) is 0 Å². The van der Waals surface area contributed by atoms with Crippen LogP contribution in [0.15, 0.2) is 4.99 Å². The fourth-order valence-electron chi connectivity index (χ4n) is 3.46. The van der Waals surface area contributed by atoms with Crippen LogP contribution in [0.2, 0.25) is 0 Å². The lowest BCUT2D eigenvalue weighted by molar-refractivity contribution is 0.304. The van der Waals surface area contributed by atoms with Gasteiger partial charge >= 0.3 is 0 Å². The molecule has 0 spiro atoms. The molecular weight excluding hydrogens is 356 g/mol. The van der Waals surface area contributed by atoms with Gasteiger partial charge in [-0.25, -0.2) is 12.7 Å². The van der Waals surface area contributed by atoms with Crippen LogP contribution < -0.4 is 10.6 Å². The molecule has 1 aliphatic heterocycles. The second-order valence-electron chi connectivity index (χ2n) is 6.86. The zero-order valence-corrected chi connectivity index (χ0v) is 17.3. The number of guanidine groups is 1. The lowest BCUT2D eigenvalue weighted by atomic mass is 9.84. The minimum absolute atomic E-state index is 0.0941. The van der Waals surface area contributed by atoms with Crippen LogP contribution in [0.25, 0.3) is 0 Å². The summed E-state index contributed by atoms with van der Waals surface area (Å²) in [5.74, 6) is 3.51. The van der Waals surface area contributed by atoms with Crippen LogP contribution in [0.1, 0.15) is 46.0 Å². The SMILES string of the molecule is CCNC(=NCCS(=O)(=O)N1CCSCC1)NC1CCC(CC)CC1. The first kappa shape index (κ1) is 20.8. The smallest absolute Gasteiger partial charge is 0.215 e. The van der Waals surface area contributed by atoms with E-state index in [4.69, 9.17) is 0 Å². The van der Waals surface area contributed by atoms with Gasteiger partial charge in [0, 0.05) is 37.2 Å². The Labute approximate surface area is 157 Å². The van der Waals surface area contributed by atoms with E-state index in [0.29, 0.717) is 25.7 Å². The van der Waals surface area contributed by atoms with Crippen molar-refractivity contribution in [2.75, 3.05) is 43.4 Å². The molecule has 0 aromatic carbocycles. The van der Waals surface area contributed by atoms with Gasteiger partial charge in [0.2, 0.25) is 10.0 Å². The van der Waals surface area contributed by atoms with E-state index in [1.165, 1.54) is 32.1 Å². The van der Waals surface area contributed by atoms with Gasteiger partial charge < -0.3 is 10.6 Å². The molecule has 0 bridgehead atoms. The van der Waals surface area contributed by atoms with Gasteiger partial charge in [-0.3, -0.25) is 4.99 Å². The third-order valence-corrected chi connectivity index (χ3v) is 7.88. The molecule has 1 aliphatic carbocycles. The van der Waals surface area contributed by atoms with Crippen molar-refractivity contribution < 1.29 is 8.42 Å². The first-order chi connectivity index (χ1) is 12.0. The molecule has 1 heterocycles. The number of nitrogens with zero attached hydrogens (tertiary/aromatic N) is 2. The monoisotopic (exact) mass is 390 g/mol. The second-order valence-corrected chi connectivity index (χ2v) is 10.2. The molecule has 2 N–H and O–H groups in total. The van der Waals surface area contributed by atoms with Crippen molar-refractivity contribution in [3.8, 4) is 0 Å². The van der Waals surface area contributed by atoms with Crippen molar-refractivity contribution >= 4 is 27.7 Å². The summed E-state index contributed by atoms with van der Waals surface area (Å²) >= 11 is 1.82. The fourth-order valence-corrected chi connectivity index (χ4v) is 5.91. The van der Waals surface area contributed by atoms with Crippen LogP contribution in [0.3, 0.4) is 0 Å². The topological polar surface area (TPSA) is 73.8 Å². The first-order valence-corrected chi connectivity index (χ1v) is 12.4.